The third-order valence-electron chi connectivity index (χ3n) is 14.5. The van der Waals surface area contributed by atoms with E-state index in [-0.39, 0.29) is 112 Å². The van der Waals surface area contributed by atoms with Gasteiger partial charge in [-0.3, -0.25) is 38.7 Å². The first kappa shape index (κ1) is 75.1. The summed E-state index contributed by atoms with van der Waals surface area (Å²) in [6.07, 6.45) is 12.9. The van der Waals surface area contributed by atoms with Gasteiger partial charge in [0, 0.05) is 98.2 Å². The number of hydrogen-bond donors (Lipinski definition) is 1. The van der Waals surface area contributed by atoms with Crippen LogP contribution >= 0.6 is 27.0 Å². The van der Waals surface area contributed by atoms with Gasteiger partial charge >= 0.3 is 30.8 Å². The number of methoxy groups -OCH3 is 1. The number of aryl methyl sites for hydroxylation is 4. The van der Waals surface area contributed by atoms with Crippen molar-refractivity contribution in [2.45, 2.75) is 131 Å². The van der Waals surface area contributed by atoms with Crippen LogP contribution in [0.3, 0.4) is 0 Å². The number of aliphatic carboxylic acids is 1. The van der Waals surface area contributed by atoms with E-state index in [0.29, 0.717) is 18.4 Å². The van der Waals surface area contributed by atoms with Crippen LogP contribution in [0.25, 0.3) is 22.3 Å². The Morgan fingerprint density at radius 3 is 1.24 bits per heavy atom. The van der Waals surface area contributed by atoms with Gasteiger partial charge in [0.05, 0.1) is 32.0 Å². The van der Waals surface area contributed by atoms with Gasteiger partial charge in [0.25, 0.3) is 11.1 Å². The summed E-state index contributed by atoms with van der Waals surface area (Å²) in [5.41, 5.74) is 11.5. The van der Waals surface area contributed by atoms with Gasteiger partial charge in [0.15, 0.2) is 11.6 Å². The number of aromatic nitrogens is 4. The van der Waals surface area contributed by atoms with E-state index in [4.69, 9.17) is 4.74 Å². The molecule has 0 amide bonds. The first-order chi connectivity index (χ1) is 37.4. The second-order valence-corrected chi connectivity index (χ2v) is 22.6. The smallest absolute Gasteiger partial charge is 0.870 e. The number of rotatable bonds is 26. The zero-order chi connectivity index (χ0) is 58.1. The zero-order valence-electron chi connectivity index (χ0n) is 51.4. The van der Waals surface area contributed by atoms with Crippen LogP contribution in [-0.4, -0.2) is 111 Å². The van der Waals surface area contributed by atoms with E-state index in [1.165, 1.54) is 11.7 Å². The third kappa shape index (κ3) is 22.6. The van der Waals surface area contributed by atoms with Crippen molar-refractivity contribution in [3.05, 3.63) is 175 Å². The number of ether oxygens (including phenoxy) is 1. The van der Waals surface area contributed by atoms with Crippen molar-refractivity contribution in [2.75, 3.05) is 48.4 Å². The molecule has 15 nitrogen and oxygen atoms in total. The molecule has 446 valence electrons. The number of likely N-dealkylation sites (N-methyl/N-ethyl adjacent to an activating group) is 2. The number of pyridine rings is 4. The van der Waals surface area contributed by atoms with E-state index in [1.54, 1.807) is 47.7 Å². The quantitative estimate of drug-likeness (QED) is 0.0404. The number of ketones is 2. The van der Waals surface area contributed by atoms with Gasteiger partial charge in [-0.25, -0.2) is 0 Å². The molecule has 18 heteroatoms. The van der Waals surface area contributed by atoms with E-state index < -0.39 is 35.9 Å². The molecule has 0 aliphatic rings. The van der Waals surface area contributed by atoms with E-state index >= 15 is 0 Å². The number of hydrogen-bond acceptors (Lipinski definition) is 12. The second-order valence-electron chi connectivity index (χ2n) is 22.6. The van der Waals surface area contributed by atoms with Crippen LogP contribution in [0.4, 0.5) is 0 Å². The Balaban J connectivity index is 0.000000792. The van der Waals surface area contributed by atoms with Crippen LogP contribution in [0.2, 0.25) is 0 Å². The van der Waals surface area contributed by atoms with Gasteiger partial charge in [-0.1, -0.05) is 64.1 Å². The van der Waals surface area contributed by atoms with E-state index in [1.807, 2.05) is 124 Å². The van der Waals surface area contributed by atoms with Crippen molar-refractivity contribution in [3.63, 3.8) is 0 Å². The maximum absolute atomic E-state index is 13.9. The zero-order valence-corrected chi connectivity index (χ0v) is 53.4. The van der Waals surface area contributed by atoms with Gasteiger partial charge in [0.1, 0.15) is 0 Å². The molecule has 4 atom stereocenters. The molecule has 4 aromatic heterocycles. The van der Waals surface area contributed by atoms with Crippen molar-refractivity contribution in [3.8, 4) is 22.3 Å². The SMILES string of the molecule is COC(=O)C[C@H](CC(=O)C(CC(C)C)n1ccc(CCN(C)C)cc1=O)c1cncc(-c2c(C)cccc2C)c1.Cc1cccc(C)c1-c1cncc([C@H](CC(=O)O)CC(=O)C(CC(C)C)n2ccc(CCN(C)C)cc2=O)c1.S.S.[Li+].[OH-]. The number of carbonyl (C=O) groups excluding carboxylic acids is 3. The van der Waals surface area contributed by atoms with Crippen LogP contribution in [0.1, 0.15) is 135 Å². The summed E-state index contributed by atoms with van der Waals surface area (Å²) in [6.45, 7) is 18.0. The molecule has 0 aliphatic heterocycles. The van der Waals surface area contributed by atoms with Crippen LogP contribution in [0.5, 0.6) is 0 Å². The van der Waals surface area contributed by atoms with Crippen LogP contribution in [0.15, 0.2) is 120 Å². The van der Waals surface area contributed by atoms with E-state index in [9.17, 15) is 33.9 Å². The number of esters is 1. The first-order valence-corrected chi connectivity index (χ1v) is 27.5. The van der Waals surface area contributed by atoms with Gasteiger partial charge < -0.3 is 34.3 Å². The maximum Gasteiger partial charge on any atom is 1.00 e. The Morgan fingerprint density at radius 2 is 0.928 bits per heavy atom. The molecule has 0 saturated heterocycles. The molecule has 0 aliphatic carbocycles. The van der Waals surface area contributed by atoms with Gasteiger partial charge in [-0.2, -0.15) is 27.0 Å². The Labute approximate surface area is 518 Å². The normalized spacial score (nSPS) is 12.3. The molecule has 4 heterocycles. The minimum absolute atomic E-state index is 0. The molecule has 2 N–H and O–H groups in total. The summed E-state index contributed by atoms with van der Waals surface area (Å²) in [5, 5.41) is 9.71. The summed E-state index contributed by atoms with van der Waals surface area (Å²) < 4.78 is 8.07. The number of Topliss-reactive ketones (excluding diaryl/α,β-unsaturated/α-hetero) is 2. The number of benzene rings is 2. The molecule has 6 aromatic rings. The molecule has 0 saturated carbocycles. The van der Waals surface area contributed by atoms with Crippen LogP contribution in [-0.2, 0) is 36.8 Å². The monoisotopic (exact) mass is 1170 g/mol. The summed E-state index contributed by atoms with van der Waals surface area (Å²) >= 11 is 0. The molecule has 6 rings (SSSR count). The summed E-state index contributed by atoms with van der Waals surface area (Å²) in [7, 11) is 9.32. The summed E-state index contributed by atoms with van der Waals surface area (Å²) in [4.78, 5) is 91.3. The van der Waals surface area contributed by atoms with Crippen molar-refractivity contribution in [1.29, 1.82) is 0 Å². The van der Waals surface area contributed by atoms with Crippen molar-refractivity contribution < 1.29 is 53.4 Å². The molecule has 0 spiro atoms. The van der Waals surface area contributed by atoms with Crippen molar-refractivity contribution in [2.24, 2.45) is 11.8 Å². The Hall–Kier alpha value is -5.90. The van der Waals surface area contributed by atoms with Crippen LogP contribution in [0, 0.1) is 39.5 Å². The average Bonchev–Trinajstić information content (AvgIpc) is 3.38. The molecule has 2 aromatic carbocycles. The van der Waals surface area contributed by atoms with E-state index in [2.05, 4.69) is 45.7 Å². The van der Waals surface area contributed by atoms with Crippen LogP contribution < -0.4 is 30.0 Å². The summed E-state index contributed by atoms with van der Waals surface area (Å²) in [5.74, 6) is -2.21. The van der Waals surface area contributed by atoms with Gasteiger partial charge in [0.2, 0.25) is 0 Å². The van der Waals surface area contributed by atoms with E-state index in [0.717, 1.165) is 87.1 Å². The fourth-order valence-electron chi connectivity index (χ4n) is 10.3. The Bertz CT molecular complexity index is 3140. The number of carbonyl (C=O) groups is 4. The molecule has 83 heavy (non-hydrogen) atoms. The predicted octanol–water partition coefficient (Wildman–Crippen LogP) is 8.01. The summed E-state index contributed by atoms with van der Waals surface area (Å²) in [6, 6.07) is 22.0. The average molecular weight is 1170 g/mol. The molecule has 0 fully saturated rings. The molecule has 0 radical (unpaired) electrons. The fraction of sp³-hybridized carbons (Fsp3) is 0.446. The maximum atomic E-state index is 13.9. The number of carboxylic acid groups (broad SMARTS) is 1. The standard InChI is InChI=1S/C33H43N3O4.C32H41N3O4.Li.H2O.2H2S/c1-22(2)15-29(36-14-12-25(16-31(36)38)11-13-35(5)6)30(37)18-26(19-32(39)40-7)27-17-28(21-34-20-27)33-23(3)9-8-10-24(33)4;1-21(2)14-28(35-13-11-24(15-30(35)37)10-12-34(5)6)29(36)17-25(18-31(38)39)26-16-27(20-33-19-26)32-22(3)8-7-9-23(32)4;;;;/h8-10,12,14,16-17,20-22,26,29H,11,13,15,18-19H2,1-7H3;7-9,11,13,15-16,19-21,25,28H,10,12,14,17-18H2,1-6H3,(H,38,39);;3*1H2/q;;+1;;;/p-1/t26-,29?;25-,28?;;;;/m00..../s1. The molecular weight excluding hydrogens is 1080 g/mol. The number of carboxylic acids is 1. The molecular formula is C65H89LiN6O9S2. The Morgan fingerprint density at radius 1 is 0.566 bits per heavy atom. The minimum Gasteiger partial charge on any atom is -0.870 e. The first-order valence-electron chi connectivity index (χ1n) is 27.5. The largest absolute Gasteiger partial charge is 1.00 e. The fourth-order valence-corrected chi connectivity index (χ4v) is 10.3. The number of nitrogens with zero attached hydrogens (tertiary/aromatic N) is 6. The topological polar surface area (TPSA) is 204 Å². The van der Waals surface area contributed by atoms with Gasteiger partial charge in [-0.05, 0) is 173 Å². The second kappa shape index (κ2) is 36.1. The van der Waals surface area contributed by atoms with Crippen molar-refractivity contribution in [1.82, 2.24) is 28.9 Å². The minimum atomic E-state index is -0.979. The predicted molar refractivity (Wildman–Crippen MR) is 338 cm³/mol. The third-order valence-corrected chi connectivity index (χ3v) is 14.5. The molecule has 0 bridgehead atoms. The van der Waals surface area contributed by atoms with Crippen molar-refractivity contribution >= 4 is 50.5 Å². The molecule has 2 unspecified atom stereocenters. The Kier molecular flexibility index (Phi) is 32.6. The van der Waals surface area contributed by atoms with Gasteiger partial charge in [-0.15, -0.1) is 0 Å².